The van der Waals surface area contributed by atoms with E-state index in [1.54, 1.807) is 0 Å². The first-order valence-corrected chi connectivity index (χ1v) is 6.42. The van der Waals surface area contributed by atoms with Crippen molar-refractivity contribution in [3.8, 4) is 0 Å². The molecule has 0 bridgehead atoms. The monoisotopic (exact) mass is 201 g/mol. The maximum atomic E-state index is 10.5. The molecule has 2 nitrogen and oxygen atoms in total. The summed E-state index contributed by atoms with van der Waals surface area (Å²) in [6.45, 7) is 3.46. The minimum atomic E-state index is 0.344. The molecule has 1 aliphatic rings. The third kappa shape index (κ3) is 4.14. The number of hydrogen-bond donors (Lipinski definition) is 0. The maximum Gasteiger partial charge on any atom is 0.123 e. The van der Waals surface area contributed by atoms with Gasteiger partial charge >= 0.3 is 0 Å². The summed E-state index contributed by atoms with van der Waals surface area (Å²) in [6, 6.07) is 0. The molecule has 0 unspecified atom stereocenters. The van der Waals surface area contributed by atoms with Crippen LogP contribution in [-0.4, -0.2) is 42.8 Å². The maximum absolute atomic E-state index is 10.5. The highest BCUT2D eigenvalue weighted by molar-refractivity contribution is 7.98. The van der Waals surface area contributed by atoms with Crippen LogP contribution < -0.4 is 0 Å². The normalized spacial score (nSPS) is 20.4. The van der Waals surface area contributed by atoms with E-state index in [0.717, 1.165) is 32.2 Å². The Morgan fingerprint density at radius 3 is 2.69 bits per heavy atom. The van der Waals surface area contributed by atoms with Gasteiger partial charge in [0.25, 0.3) is 0 Å². The van der Waals surface area contributed by atoms with Crippen molar-refractivity contribution in [1.82, 2.24) is 4.90 Å². The van der Waals surface area contributed by atoms with E-state index in [9.17, 15) is 4.79 Å². The molecule has 0 atom stereocenters. The number of piperidine rings is 1. The van der Waals surface area contributed by atoms with Gasteiger partial charge in [-0.15, -0.1) is 0 Å². The second-order valence-corrected chi connectivity index (χ2v) is 4.65. The minimum absolute atomic E-state index is 0.344. The molecular formula is C10H19NOS. The predicted octanol–water partition coefficient (Wildman–Crippen LogP) is 1.65. The average Bonchev–Trinajstić information content (AvgIpc) is 2.19. The lowest BCUT2D eigenvalue weighted by Gasteiger charge is -2.29. The van der Waals surface area contributed by atoms with E-state index in [4.69, 9.17) is 0 Å². The van der Waals surface area contributed by atoms with Gasteiger partial charge in [-0.2, -0.15) is 11.8 Å². The van der Waals surface area contributed by atoms with E-state index >= 15 is 0 Å². The molecule has 3 heteroatoms. The zero-order valence-electron chi connectivity index (χ0n) is 8.37. The fourth-order valence-electron chi connectivity index (χ4n) is 1.75. The molecule has 0 aliphatic carbocycles. The molecule has 0 N–H and O–H groups in total. The van der Waals surface area contributed by atoms with Crippen molar-refractivity contribution in [1.29, 1.82) is 0 Å². The van der Waals surface area contributed by atoms with Crippen LogP contribution in [0.2, 0.25) is 0 Å². The van der Waals surface area contributed by atoms with Gasteiger partial charge in [-0.1, -0.05) is 0 Å². The van der Waals surface area contributed by atoms with E-state index in [0.29, 0.717) is 5.92 Å². The number of nitrogens with zero attached hydrogens (tertiary/aromatic N) is 1. The van der Waals surface area contributed by atoms with Crippen molar-refractivity contribution >= 4 is 18.0 Å². The molecule has 0 aromatic heterocycles. The number of likely N-dealkylation sites (tertiary alicyclic amines) is 1. The SMILES string of the molecule is CSCCCN1CCC(C=O)CC1. The van der Waals surface area contributed by atoms with Crippen molar-refractivity contribution < 1.29 is 4.79 Å². The van der Waals surface area contributed by atoms with Gasteiger partial charge in [0, 0.05) is 5.92 Å². The Kier molecular flexibility index (Phi) is 5.47. The van der Waals surface area contributed by atoms with Gasteiger partial charge in [-0.25, -0.2) is 0 Å². The first kappa shape index (κ1) is 11.1. The van der Waals surface area contributed by atoms with Crippen LogP contribution >= 0.6 is 11.8 Å². The lowest BCUT2D eigenvalue weighted by molar-refractivity contribution is -0.112. The molecule has 76 valence electrons. The summed E-state index contributed by atoms with van der Waals surface area (Å²) < 4.78 is 0. The molecule has 0 spiro atoms. The van der Waals surface area contributed by atoms with Crippen LogP contribution in [0.5, 0.6) is 0 Å². The molecule has 0 aromatic rings. The molecule has 0 amide bonds. The number of aldehydes is 1. The summed E-state index contributed by atoms with van der Waals surface area (Å²) in [7, 11) is 0. The quantitative estimate of drug-likeness (QED) is 0.498. The second kappa shape index (κ2) is 6.44. The Hall–Kier alpha value is -0.0200. The van der Waals surface area contributed by atoms with Crippen molar-refractivity contribution in [3.05, 3.63) is 0 Å². The largest absolute Gasteiger partial charge is 0.303 e. The van der Waals surface area contributed by atoms with Crippen LogP contribution in [0.4, 0.5) is 0 Å². The highest BCUT2D eigenvalue weighted by Gasteiger charge is 2.17. The van der Waals surface area contributed by atoms with Gasteiger partial charge in [-0.3, -0.25) is 0 Å². The molecule has 1 aliphatic heterocycles. The first-order valence-electron chi connectivity index (χ1n) is 5.03. The van der Waals surface area contributed by atoms with E-state index in [1.807, 2.05) is 11.8 Å². The molecule has 13 heavy (non-hydrogen) atoms. The molecule has 1 heterocycles. The lowest BCUT2D eigenvalue weighted by atomic mass is 9.99. The van der Waals surface area contributed by atoms with Gasteiger partial charge < -0.3 is 9.69 Å². The third-order valence-electron chi connectivity index (χ3n) is 2.65. The first-order chi connectivity index (χ1) is 6.36. The summed E-state index contributed by atoms with van der Waals surface area (Å²) in [4.78, 5) is 13.0. The fraction of sp³-hybridized carbons (Fsp3) is 0.900. The smallest absolute Gasteiger partial charge is 0.123 e. The van der Waals surface area contributed by atoms with E-state index < -0.39 is 0 Å². The molecule has 0 radical (unpaired) electrons. The third-order valence-corrected chi connectivity index (χ3v) is 3.34. The average molecular weight is 201 g/mol. The standard InChI is InChI=1S/C10H19NOS/c1-13-8-2-5-11-6-3-10(9-12)4-7-11/h9-10H,2-8H2,1H3. The van der Waals surface area contributed by atoms with E-state index in [-0.39, 0.29) is 0 Å². The van der Waals surface area contributed by atoms with Crippen LogP contribution in [0.3, 0.4) is 0 Å². The van der Waals surface area contributed by atoms with Gasteiger partial charge in [0.2, 0.25) is 0 Å². The zero-order chi connectivity index (χ0) is 9.52. The van der Waals surface area contributed by atoms with Gasteiger partial charge in [0.1, 0.15) is 6.29 Å². The molecule has 0 aromatic carbocycles. The highest BCUT2D eigenvalue weighted by Crippen LogP contribution is 2.15. The van der Waals surface area contributed by atoms with E-state index in [1.165, 1.54) is 18.7 Å². The van der Waals surface area contributed by atoms with Crippen LogP contribution in [0, 0.1) is 5.92 Å². The minimum Gasteiger partial charge on any atom is -0.303 e. The summed E-state index contributed by atoms with van der Waals surface area (Å²) >= 11 is 1.91. The molecule has 0 saturated carbocycles. The number of thioether (sulfide) groups is 1. The topological polar surface area (TPSA) is 20.3 Å². The van der Waals surface area contributed by atoms with Crippen LogP contribution in [0.25, 0.3) is 0 Å². The number of rotatable bonds is 5. The predicted molar refractivity (Wildman–Crippen MR) is 58.2 cm³/mol. The molecule has 1 rings (SSSR count). The molecule has 1 saturated heterocycles. The summed E-state index contributed by atoms with van der Waals surface area (Å²) in [5.41, 5.74) is 0. The summed E-state index contributed by atoms with van der Waals surface area (Å²) in [6.07, 6.45) is 6.70. The second-order valence-electron chi connectivity index (χ2n) is 3.66. The van der Waals surface area contributed by atoms with E-state index in [2.05, 4.69) is 11.2 Å². The summed E-state index contributed by atoms with van der Waals surface area (Å²) in [5, 5.41) is 0. The van der Waals surface area contributed by atoms with Crippen LogP contribution in [0.1, 0.15) is 19.3 Å². The van der Waals surface area contributed by atoms with Crippen molar-refractivity contribution in [2.75, 3.05) is 31.6 Å². The Bertz CT molecular complexity index is 144. The number of hydrogen-bond acceptors (Lipinski definition) is 3. The Labute approximate surface area is 85.1 Å². The fourth-order valence-corrected chi connectivity index (χ4v) is 2.16. The molecule has 1 fully saturated rings. The van der Waals surface area contributed by atoms with Gasteiger partial charge in [-0.05, 0) is 50.9 Å². The van der Waals surface area contributed by atoms with Crippen molar-refractivity contribution in [2.24, 2.45) is 5.92 Å². The Morgan fingerprint density at radius 1 is 1.46 bits per heavy atom. The number of carbonyl (C=O) groups is 1. The Morgan fingerprint density at radius 2 is 2.15 bits per heavy atom. The Balaban J connectivity index is 2.07. The van der Waals surface area contributed by atoms with Crippen molar-refractivity contribution in [2.45, 2.75) is 19.3 Å². The van der Waals surface area contributed by atoms with Crippen molar-refractivity contribution in [3.63, 3.8) is 0 Å². The zero-order valence-corrected chi connectivity index (χ0v) is 9.18. The number of carbonyl (C=O) groups excluding carboxylic acids is 1. The van der Waals surface area contributed by atoms with Gasteiger partial charge in [0.15, 0.2) is 0 Å². The highest BCUT2D eigenvalue weighted by atomic mass is 32.2. The lowest BCUT2D eigenvalue weighted by Crippen LogP contribution is -2.34. The van der Waals surface area contributed by atoms with Crippen LogP contribution in [-0.2, 0) is 4.79 Å². The van der Waals surface area contributed by atoms with Crippen LogP contribution in [0.15, 0.2) is 0 Å². The van der Waals surface area contributed by atoms with Gasteiger partial charge in [0.05, 0.1) is 0 Å². The summed E-state index contributed by atoms with van der Waals surface area (Å²) in [5.74, 6) is 1.60. The molecular weight excluding hydrogens is 182 g/mol.